The number of fused-ring (bicyclic) bond motifs is 3. The molecule has 0 unspecified atom stereocenters. The van der Waals surface area contributed by atoms with E-state index in [4.69, 9.17) is 23.9 Å². The molecular formula is C40H33IN2O6S. The van der Waals surface area contributed by atoms with Crippen molar-refractivity contribution >= 4 is 67.5 Å². The minimum Gasteiger partial charge on any atom is -0.496 e. The van der Waals surface area contributed by atoms with E-state index in [-0.39, 0.29) is 12.2 Å². The SMILES string of the molecule is CCOC(=O)C1=C(C)N=c2s/c(=C/c3cc(I)c(OCc4cccc5ccccc45)c(OC)c3)c(=O)n2[C@H]1c1c(OC)ccc2ccccc12. The molecule has 0 N–H and O–H groups in total. The molecule has 0 amide bonds. The molecule has 0 bridgehead atoms. The molecular weight excluding hydrogens is 763 g/mol. The van der Waals surface area contributed by atoms with Crippen LogP contribution in [0.1, 0.15) is 36.6 Å². The first-order valence-electron chi connectivity index (χ1n) is 16.0. The molecule has 6 aromatic rings. The molecule has 0 aliphatic carbocycles. The normalized spacial score (nSPS) is 14.4. The van der Waals surface area contributed by atoms with Gasteiger partial charge in [-0.15, -0.1) is 0 Å². The van der Waals surface area contributed by atoms with Gasteiger partial charge in [0.1, 0.15) is 18.4 Å². The summed E-state index contributed by atoms with van der Waals surface area (Å²) >= 11 is 3.50. The van der Waals surface area contributed by atoms with Gasteiger partial charge in [-0.2, -0.15) is 0 Å². The monoisotopic (exact) mass is 796 g/mol. The van der Waals surface area contributed by atoms with Crippen LogP contribution in [0.5, 0.6) is 17.2 Å². The fourth-order valence-corrected chi connectivity index (χ4v) is 8.31. The highest BCUT2D eigenvalue weighted by molar-refractivity contribution is 14.1. The summed E-state index contributed by atoms with van der Waals surface area (Å²) < 4.78 is 26.4. The molecule has 5 aromatic carbocycles. The van der Waals surface area contributed by atoms with Gasteiger partial charge in [-0.1, -0.05) is 84.1 Å². The van der Waals surface area contributed by atoms with Crippen molar-refractivity contribution in [1.82, 2.24) is 4.57 Å². The van der Waals surface area contributed by atoms with Crippen LogP contribution in [0.25, 0.3) is 27.6 Å². The third kappa shape index (κ3) is 6.07. The summed E-state index contributed by atoms with van der Waals surface area (Å²) in [6, 6.07) is 29.1. The summed E-state index contributed by atoms with van der Waals surface area (Å²) in [7, 11) is 3.19. The molecule has 8 nitrogen and oxygen atoms in total. The predicted molar refractivity (Wildman–Crippen MR) is 205 cm³/mol. The maximum atomic E-state index is 14.5. The quantitative estimate of drug-likeness (QED) is 0.113. The van der Waals surface area contributed by atoms with E-state index in [9.17, 15) is 9.59 Å². The smallest absolute Gasteiger partial charge is 0.338 e. The summed E-state index contributed by atoms with van der Waals surface area (Å²) in [5.41, 5.74) is 3.02. The van der Waals surface area contributed by atoms with Crippen LogP contribution in [0.2, 0.25) is 0 Å². The second-order valence-electron chi connectivity index (χ2n) is 11.7. The molecule has 7 rings (SSSR count). The minimum atomic E-state index is -0.826. The highest BCUT2D eigenvalue weighted by Gasteiger charge is 2.36. The number of esters is 1. The van der Waals surface area contributed by atoms with E-state index in [2.05, 4.69) is 46.9 Å². The number of nitrogens with zero attached hydrogens (tertiary/aromatic N) is 2. The molecule has 1 aromatic heterocycles. The lowest BCUT2D eigenvalue weighted by Gasteiger charge is -2.27. The van der Waals surface area contributed by atoms with Crippen molar-refractivity contribution in [2.24, 2.45) is 4.99 Å². The number of halogens is 1. The van der Waals surface area contributed by atoms with E-state index < -0.39 is 12.0 Å². The van der Waals surface area contributed by atoms with Crippen LogP contribution < -0.4 is 29.1 Å². The van der Waals surface area contributed by atoms with Crippen molar-refractivity contribution in [3.8, 4) is 17.2 Å². The fourth-order valence-electron chi connectivity index (χ4n) is 6.48. The molecule has 1 aliphatic heterocycles. The van der Waals surface area contributed by atoms with Crippen LogP contribution >= 0.6 is 33.9 Å². The van der Waals surface area contributed by atoms with Crippen molar-refractivity contribution in [1.29, 1.82) is 0 Å². The third-order valence-corrected chi connectivity index (χ3v) is 10.5. The molecule has 252 valence electrons. The van der Waals surface area contributed by atoms with Crippen LogP contribution in [0.3, 0.4) is 0 Å². The number of thiazole rings is 1. The average Bonchev–Trinajstić information content (AvgIpc) is 3.43. The highest BCUT2D eigenvalue weighted by Crippen LogP contribution is 2.40. The molecule has 0 fully saturated rings. The van der Waals surface area contributed by atoms with Crippen LogP contribution in [0.4, 0.5) is 0 Å². The van der Waals surface area contributed by atoms with Gasteiger partial charge in [-0.25, -0.2) is 9.79 Å². The zero-order chi connectivity index (χ0) is 34.9. The molecule has 2 heterocycles. The highest BCUT2D eigenvalue weighted by atomic mass is 127. The van der Waals surface area contributed by atoms with Crippen LogP contribution in [0, 0.1) is 3.57 Å². The summed E-state index contributed by atoms with van der Waals surface area (Å²) in [4.78, 5) is 33.3. The van der Waals surface area contributed by atoms with Gasteiger partial charge in [0.2, 0.25) is 0 Å². The lowest BCUT2D eigenvalue weighted by Crippen LogP contribution is -2.40. The first kappa shape index (κ1) is 33.6. The Hall–Kier alpha value is -4.94. The molecule has 0 saturated carbocycles. The zero-order valence-electron chi connectivity index (χ0n) is 27.9. The molecule has 1 atom stereocenters. The summed E-state index contributed by atoms with van der Waals surface area (Å²) in [6.45, 7) is 4.08. The largest absolute Gasteiger partial charge is 0.496 e. The Bertz CT molecular complexity index is 2510. The van der Waals surface area contributed by atoms with Crippen LogP contribution in [-0.4, -0.2) is 31.4 Å². The number of allylic oxidation sites excluding steroid dienone is 1. The van der Waals surface area contributed by atoms with E-state index in [0.717, 1.165) is 36.2 Å². The van der Waals surface area contributed by atoms with E-state index in [1.807, 2.05) is 72.8 Å². The van der Waals surface area contributed by atoms with Crippen molar-refractivity contribution in [2.45, 2.75) is 26.5 Å². The zero-order valence-corrected chi connectivity index (χ0v) is 30.8. The predicted octanol–water partition coefficient (Wildman–Crippen LogP) is 7.31. The maximum absolute atomic E-state index is 14.5. The molecule has 0 radical (unpaired) electrons. The number of benzene rings is 5. The average molecular weight is 797 g/mol. The Kier molecular flexibility index (Phi) is 9.48. The second-order valence-corrected chi connectivity index (χ2v) is 13.8. The first-order valence-corrected chi connectivity index (χ1v) is 17.9. The lowest BCUT2D eigenvalue weighted by molar-refractivity contribution is -0.139. The maximum Gasteiger partial charge on any atom is 0.338 e. The van der Waals surface area contributed by atoms with Crippen LogP contribution in [-0.2, 0) is 16.1 Å². The van der Waals surface area contributed by atoms with Crippen molar-refractivity contribution in [3.05, 3.63) is 142 Å². The van der Waals surface area contributed by atoms with E-state index in [1.54, 1.807) is 32.6 Å². The topological polar surface area (TPSA) is 88.4 Å². The second kappa shape index (κ2) is 14.1. The molecule has 0 saturated heterocycles. The Morgan fingerprint density at radius 1 is 0.920 bits per heavy atom. The Balaban J connectivity index is 1.34. The summed E-state index contributed by atoms with van der Waals surface area (Å²) in [6.07, 6.45) is 1.82. The van der Waals surface area contributed by atoms with E-state index in [1.165, 1.54) is 11.3 Å². The summed E-state index contributed by atoms with van der Waals surface area (Å²) in [5, 5.41) is 4.10. The van der Waals surface area contributed by atoms with Gasteiger partial charge in [0.25, 0.3) is 5.56 Å². The lowest BCUT2D eigenvalue weighted by atomic mass is 9.90. The molecule has 0 spiro atoms. The molecule has 50 heavy (non-hydrogen) atoms. The third-order valence-electron chi connectivity index (χ3n) is 8.74. The van der Waals surface area contributed by atoms with Gasteiger partial charge in [0.15, 0.2) is 16.3 Å². The minimum absolute atomic E-state index is 0.182. The number of aromatic nitrogens is 1. The number of hydrogen-bond donors (Lipinski definition) is 0. The Morgan fingerprint density at radius 2 is 1.62 bits per heavy atom. The number of hydrogen-bond acceptors (Lipinski definition) is 8. The van der Waals surface area contributed by atoms with Gasteiger partial charge < -0.3 is 18.9 Å². The van der Waals surface area contributed by atoms with Crippen molar-refractivity contribution in [2.75, 3.05) is 20.8 Å². The van der Waals surface area contributed by atoms with Gasteiger partial charge >= 0.3 is 5.97 Å². The first-order chi connectivity index (χ1) is 24.3. The van der Waals surface area contributed by atoms with Gasteiger partial charge in [-0.3, -0.25) is 9.36 Å². The summed E-state index contributed by atoms with van der Waals surface area (Å²) in [5.74, 6) is 1.20. The van der Waals surface area contributed by atoms with Crippen LogP contribution in [0.15, 0.2) is 112 Å². The number of methoxy groups -OCH3 is 2. The van der Waals surface area contributed by atoms with Gasteiger partial charge in [0, 0.05) is 5.56 Å². The molecule has 10 heteroatoms. The number of carbonyl (C=O) groups is 1. The van der Waals surface area contributed by atoms with E-state index in [0.29, 0.717) is 50.0 Å². The standard InChI is InChI=1S/C40H33IN2O6S/c1-5-48-39(45)34-23(2)42-40-43(36(34)35-29-16-9-7-12-26(29)17-18-31(35)46-3)38(44)33(50-40)21-24-19-30(41)37(32(20-24)47-4)49-22-27-14-10-13-25-11-6-8-15-28(25)27/h6-21,36H,5,22H2,1-4H3/b33-21+/t36-/m1/s1. The molecule has 1 aliphatic rings. The number of rotatable bonds is 9. The Labute approximate surface area is 306 Å². The number of ether oxygens (including phenoxy) is 4. The van der Waals surface area contributed by atoms with Crippen molar-refractivity contribution < 1.29 is 23.7 Å². The number of carbonyl (C=O) groups excluding carboxylic acids is 1. The fraction of sp³-hybridized carbons (Fsp3) is 0.175. The Morgan fingerprint density at radius 3 is 2.36 bits per heavy atom. The van der Waals surface area contributed by atoms with Gasteiger partial charge in [-0.05, 0) is 93.4 Å². The van der Waals surface area contributed by atoms with E-state index >= 15 is 0 Å². The van der Waals surface area contributed by atoms with Gasteiger partial charge in [0.05, 0.1) is 40.2 Å². The van der Waals surface area contributed by atoms with Crippen molar-refractivity contribution in [3.63, 3.8) is 0 Å².